The lowest BCUT2D eigenvalue weighted by atomic mass is 10.1. The number of aromatic nitrogens is 6. The van der Waals surface area contributed by atoms with E-state index in [4.69, 9.17) is 9.72 Å². The molecule has 7 aromatic rings. The lowest BCUT2D eigenvalue weighted by molar-refractivity contribution is 0.305. The van der Waals surface area contributed by atoms with Crippen LogP contribution in [0.15, 0.2) is 96.1 Å². The number of nitrogens with zero attached hydrogens (tertiary/aromatic N) is 4. The van der Waals surface area contributed by atoms with E-state index in [0.29, 0.717) is 18.2 Å². The molecule has 8 heteroatoms. The van der Waals surface area contributed by atoms with Gasteiger partial charge in [0.15, 0.2) is 5.82 Å². The average molecular weight is 501 g/mol. The monoisotopic (exact) mass is 500 g/mol. The zero-order valence-electron chi connectivity index (χ0n) is 19.6. The highest BCUT2D eigenvalue weighted by atomic mass is 32.1. The number of thiophene rings is 1. The van der Waals surface area contributed by atoms with Crippen molar-refractivity contribution in [2.45, 2.75) is 6.61 Å². The molecule has 7 rings (SSSR count). The third kappa shape index (κ3) is 4.03. The number of nitrogens with one attached hydrogen (secondary N) is 2. The standard InChI is InChI=1S/C29H20N6OS/c1-2-5-18(6-3-1)16-36-21-11-20(13-30-14-21)25-12-23-26(15-31-25)34-35-28(23)29-32-24-8-4-7-22(27(24)33-29)19-9-10-37-17-19/h1-15,17H,16H2,(H,32,33)(H,34,35). The zero-order chi connectivity index (χ0) is 24.6. The fourth-order valence-corrected chi connectivity index (χ4v) is 5.08. The van der Waals surface area contributed by atoms with E-state index < -0.39 is 0 Å². The van der Waals surface area contributed by atoms with Crippen LogP contribution in [0.4, 0.5) is 0 Å². The Morgan fingerprint density at radius 3 is 2.70 bits per heavy atom. The van der Waals surface area contributed by atoms with Gasteiger partial charge in [0, 0.05) is 22.7 Å². The first-order valence-corrected chi connectivity index (χ1v) is 12.7. The summed E-state index contributed by atoms with van der Waals surface area (Å²) in [5.74, 6) is 1.40. The van der Waals surface area contributed by atoms with E-state index in [1.807, 2.05) is 54.6 Å². The Bertz CT molecular complexity index is 1840. The first-order chi connectivity index (χ1) is 18.3. The molecular weight excluding hydrogens is 480 g/mol. The van der Waals surface area contributed by atoms with E-state index in [2.05, 4.69) is 48.0 Å². The van der Waals surface area contributed by atoms with E-state index in [0.717, 1.165) is 55.6 Å². The van der Waals surface area contributed by atoms with Crippen LogP contribution in [0.5, 0.6) is 5.75 Å². The number of H-pyrrole nitrogens is 2. The Labute approximate surface area is 215 Å². The van der Waals surface area contributed by atoms with Gasteiger partial charge in [0.25, 0.3) is 0 Å². The third-order valence-electron chi connectivity index (χ3n) is 6.27. The molecule has 0 aliphatic carbocycles. The van der Waals surface area contributed by atoms with Crippen LogP contribution in [0.3, 0.4) is 0 Å². The molecule has 5 heterocycles. The van der Waals surface area contributed by atoms with Crippen LogP contribution in [0.25, 0.3) is 55.8 Å². The van der Waals surface area contributed by atoms with Crippen LogP contribution < -0.4 is 4.74 Å². The van der Waals surface area contributed by atoms with E-state index in [1.54, 1.807) is 29.9 Å². The van der Waals surface area contributed by atoms with Crippen LogP contribution in [0.1, 0.15) is 5.56 Å². The maximum Gasteiger partial charge on any atom is 0.159 e. The number of hydrogen-bond donors (Lipinski definition) is 2. The molecule has 178 valence electrons. The zero-order valence-corrected chi connectivity index (χ0v) is 20.4. The minimum atomic E-state index is 0.476. The van der Waals surface area contributed by atoms with Crippen LogP contribution in [0.2, 0.25) is 0 Å². The molecule has 0 amide bonds. The molecule has 0 atom stereocenters. The molecule has 0 fully saturated rings. The van der Waals surface area contributed by atoms with Crippen molar-refractivity contribution in [3.8, 4) is 39.7 Å². The topological polar surface area (TPSA) is 92.4 Å². The number of para-hydroxylation sites is 1. The molecule has 5 aromatic heterocycles. The van der Waals surface area contributed by atoms with Crippen molar-refractivity contribution >= 4 is 33.3 Å². The highest BCUT2D eigenvalue weighted by Gasteiger charge is 2.16. The Kier molecular flexibility index (Phi) is 5.22. The number of benzene rings is 2. The summed E-state index contributed by atoms with van der Waals surface area (Å²) >= 11 is 1.68. The number of imidazole rings is 1. The predicted octanol–water partition coefficient (Wildman–Crippen LogP) is 6.87. The van der Waals surface area contributed by atoms with Gasteiger partial charge in [0.05, 0.1) is 34.6 Å². The van der Waals surface area contributed by atoms with E-state index in [-0.39, 0.29) is 0 Å². The first kappa shape index (κ1) is 21.5. The van der Waals surface area contributed by atoms with Gasteiger partial charge in [0.2, 0.25) is 0 Å². The lowest BCUT2D eigenvalue weighted by Crippen LogP contribution is -1.96. The third-order valence-corrected chi connectivity index (χ3v) is 6.96. The number of rotatable bonds is 6. The summed E-state index contributed by atoms with van der Waals surface area (Å²) in [5.41, 5.74) is 8.48. The van der Waals surface area contributed by atoms with E-state index >= 15 is 0 Å². The molecule has 0 aliphatic heterocycles. The molecule has 0 bridgehead atoms. The molecule has 2 aromatic carbocycles. The Hall–Kier alpha value is -4.82. The minimum absolute atomic E-state index is 0.476. The van der Waals surface area contributed by atoms with Crippen molar-refractivity contribution in [1.82, 2.24) is 30.1 Å². The molecule has 0 saturated carbocycles. The van der Waals surface area contributed by atoms with Gasteiger partial charge in [-0.05, 0) is 46.2 Å². The van der Waals surface area contributed by atoms with Crippen LogP contribution in [0, 0.1) is 0 Å². The largest absolute Gasteiger partial charge is 0.487 e. The van der Waals surface area contributed by atoms with Crippen LogP contribution >= 0.6 is 11.3 Å². The van der Waals surface area contributed by atoms with Gasteiger partial charge in [-0.25, -0.2) is 4.98 Å². The van der Waals surface area contributed by atoms with E-state index in [1.165, 1.54) is 0 Å². The van der Waals surface area contributed by atoms with Gasteiger partial charge in [-0.15, -0.1) is 0 Å². The fraction of sp³-hybridized carbons (Fsp3) is 0.0345. The average Bonchev–Trinajstić information content (AvgIpc) is 3.71. The summed E-state index contributed by atoms with van der Waals surface area (Å²) in [4.78, 5) is 17.4. The second kappa shape index (κ2) is 9.00. The van der Waals surface area contributed by atoms with Crippen molar-refractivity contribution < 1.29 is 4.74 Å². The SMILES string of the molecule is c1ccc(COc2cncc(-c3cc4c(-c5nc6c(-c7ccsc7)cccc6[nH]5)n[nH]c4cn3)c2)cc1. The molecule has 37 heavy (non-hydrogen) atoms. The summed E-state index contributed by atoms with van der Waals surface area (Å²) in [7, 11) is 0. The molecule has 0 spiro atoms. The maximum absolute atomic E-state index is 5.97. The van der Waals surface area contributed by atoms with Crippen molar-refractivity contribution in [3.63, 3.8) is 0 Å². The van der Waals surface area contributed by atoms with Gasteiger partial charge in [-0.1, -0.05) is 42.5 Å². The van der Waals surface area contributed by atoms with Gasteiger partial charge >= 0.3 is 0 Å². The summed E-state index contributed by atoms with van der Waals surface area (Å²) < 4.78 is 5.97. The fourth-order valence-electron chi connectivity index (χ4n) is 4.43. The summed E-state index contributed by atoms with van der Waals surface area (Å²) in [6.45, 7) is 0.476. The number of pyridine rings is 2. The molecule has 2 N–H and O–H groups in total. The van der Waals surface area contributed by atoms with E-state index in [9.17, 15) is 0 Å². The second-order valence-electron chi connectivity index (χ2n) is 8.67. The van der Waals surface area contributed by atoms with Gasteiger partial charge in [0.1, 0.15) is 18.1 Å². The molecule has 7 nitrogen and oxygen atoms in total. The van der Waals surface area contributed by atoms with Gasteiger partial charge < -0.3 is 9.72 Å². The lowest BCUT2D eigenvalue weighted by Gasteiger charge is -2.08. The number of ether oxygens (including phenoxy) is 1. The number of aromatic amines is 2. The summed E-state index contributed by atoms with van der Waals surface area (Å²) in [5, 5.41) is 12.8. The molecular formula is C29H20N6OS. The second-order valence-corrected chi connectivity index (χ2v) is 9.45. The quantitative estimate of drug-likeness (QED) is 0.260. The minimum Gasteiger partial charge on any atom is -0.487 e. The maximum atomic E-state index is 5.97. The highest BCUT2D eigenvalue weighted by Crippen LogP contribution is 2.33. The molecule has 0 aliphatic rings. The van der Waals surface area contributed by atoms with Crippen molar-refractivity contribution in [3.05, 3.63) is 102 Å². The summed E-state index contributed by atoms with van der Waals surface area (Å²) in [6.07, 6.45) is 5.30. The predicted molar refractivity (Wildman–Crippen MR) is 146 cm³/mol. The number of fused-ring (bicyclic) bond motifs is 2. The highest BCUT2D eigenvalue weighted by molar-refractivity contribution is 7.08. The number of hydrogen-bond acceptors (Lipinski definition) is 6. The smallest absolute Gasteiger partial charge is 0.159 e. The van der Waals surface area contributed by atoms with Gasteiger partial charge in [-0.3, -0.25) is 15.1 Å². The van der Waals surface area contributed by atoms with Gasteiger partial charge in [-0.2, -0.15) is 16.4 Å². The van der Waals surface area contributed by atoms with Crippen molar-refractivity contribution in [1.29, 1.82) is 0 Å². The Morgan fingerprint density at radius 1 is 0.865 bits per heavy atom. The van der Waals surface area contributed by atoms with Crippen molar-refractivity contribution in [2.75, 3.05) is 0 Å². The molecule has 0 radical (unpaired) electrons. The van der Waals surface area contributed by atoms with Crippen LogP contribution in [-0.4, -0.2) is 30.1 Å². The Morgan fingerprint density at radius 2 is 1.81 bits per heavy atom. The normalized spacial score (nSPS) is 11.4. The van der Waals surface area contributed by atoms with Crippen molar-refractivity contribution in [2.24, 2.45) is 0 Å². The van der Waals surface area contributed by atoms with Crippen LogP contribution in [-0.2, 0) is 6.61 Å². The molecule has 0 unspecified atom stereocenters. The first-order valence-electron chi connectivity index (χ1n) is 11.8. The Balaban J connectivity index is 1.24. The molecule has 0 saturated heterocycles. The summed E-state index contributed by atoms with van der Waals surface area (Å²) in [6, 6.07) is 22.3.